The highest BCUT2D eigenvalue weighted by molar-refractivity contribution is 7.86. The van der Waals surface area contributed by atoms with Crippen LogP contribution < -0.4 is 18.9 Å². The van der Waals surface area contributed by atoms with Gasteiger partial charge in [0.05, 0.1) is 116 Å². The lowest BCUT2D eigenvalue weighted by Crippen LogP contribution is -2.63. The quantitative estimate of drug-likeness (QED) is 0.0207. The molecular formula is C104H144N6O16S2. The standard InChI is InChI=1S/C90H130N6O10.2C7H8O3S/c1-5-7-9-11-13-15-17-19-21-23-25-27-29-37-51-95(3)53-57-99-61-65-103-81-47-43-73-45-49-83-79-71-93-88(98)94-72-80-84(106-68-64-102-60-56-96(4,55-59-101-63-67-105-83)52-38-30-28-26-24-22-20-18-16-14-12-10-8-6-2)50-46-74-44-48-82(104-66-62-100-58-54-95)78(86(74)80)70-92-87(97)91(69-77(81)85(73)79)89(93,75-39-33-31-34-40-75)90(92,94)76-41-35-32-36-42-76;2*1-6-2-4-7(5-3-6)11(8,9)10/h31-36,39-50H,5-30,37-38,51-72H2,1-4H3;2*2-5H,1H3,(H,8,9,10)/q+2;;/p-2. The van der Waals surface area contributed by atoms with Crippen molar-refractivity contribution in [3.8, 4) is 23.0 Å². The SMILES string of the molecule is CCCCCCCCCCCCCCCC[N+]1(C)CCOCCOc2ccc3ccc4c5c3c2CN2C(=O)N3Cc6c(ccc7ccc(c(c67)CN6C(=O)N(C5)C2(c2ccccc2)C36c2ccccc2)OCCOCC[N+](C)(CCCCCCCCCCCCCCCC)CCOCCO4)OCCOCC1.Cc1ccc(S(=O)(=O)[O-])cc1.Cc1ccc(S(=O)(=O)[O-])cc1. The van der Waals surface area contributed by atoms with Gasteiger partial charge < -0.3 is 56.0 Å². The number of amides is 4. The molecular weight excluding hydrogens is 1650 g/mol. The van der Waals surface area contributed by atoms with E-state index in [1.54, 1.807) is 24.3 Å². The van der Waals surface area contributed by atoms with Crippen LogP contribution in [0.2, 0.25) is 0 Å². The number of likely N-dealkylation sites (N-methyl/N-ethyl adjacent to an activating group) is 2. The van der Waals surface area contributed by atoms with E-state index < -0.39 is 31.6 Å². The summed E-state index contributed by atoms with van der Waals surface area (Å²) in [6, 6.07) is 48.3. The van der Waals surface area contributed by atoms with E-state index in [0.29, 0.717) is 102 Å². The van der Waals surface area contributed by atoms with Gasteiger partial charge in [0.25, 0.3) is 0 Å². The van der Waals surface area contributed by atoms with E-state index in [-0.39, 0.29) is 48.0 Å². The van der Waals surface area contributed by atoms with E-state index in [0.717, 1.165) is 127 Å². The Balaban J connectivity index is 0.000000589. The van der Waals surface area contributed by atoms with Gasteiger partial charge in [0.15, 0.2) is 11.3 Å². The Morgan fingerprint density at radius 3 is 0.797 bits per heavy atom. The van der Waals surface area contributed by atoms with Crippen molar-refractivity contribution in [1.82, 2.24) is 19.6 Å². The van der Waals surface area contributed by atoms with Gasteiger partial charge in [0.1, 0.15) is 95.8 Å². The second-order valence-electron chi connectivity index (χ2n) is 36.5. The fraction of sp³-hybridized carbons (Fsp3) is 0.558. The molecule has 14 rings (SSSR count). The number of carbonyl (C=O) groups excluding carboxylic acids is 2. The Morgan fingerprint density at radius 2 is 0.555 bits per heavy atom. The molecule has 0 radical (unpaired) electrons. The van der Waals surface area contributed by atoms with E-state index in [9.17, 15) is 25.9 Å². The Kier molecular flexibility index (Phi) is 37.5. The van der Waals surface area contributed by atoms with Gasteiger partial charge in [0, 0.05) is 33.4 Å². The predicted molar refractivity (Wildman–Crippen MR) is 503 cm³/mol. The molecule has 128 heavy (non-hydrogen) atoms. The van der Waals surface area contributed by atoms with Gasteiger partial charge in [-0.1, -0.05) is 288 Å². The predicted octanol–water partition coefficient (Wildman–Crippen LogP) is 21.2. The summed E-state index contributed by atoms with van der Waals surface area (Å²) < 4.78 is 119. The third kappa shape index (κ3) is 25.5. The van der Waals surface area contributed by atoms with Gasteiger partial charge >= 0.3 is 12.1 Å². The van der Waals surface area contributed by atoms with Crippen LogP contribution in [0.5, 0.6) is 23.0 Å². The molecule has 2 saturated heterocycles. The lowest BCUT2D eigenvalue weighted by atomic mass is 9.77. The highest BCUT2D eigenvalue weighted by atomic mass is 32.2. The van der Waals surface area contributed by atoms with Crippen LogP contribution in [0.15, 0.2) is 168 Å². The summed E-state index contributed by atoms with van der Waals surface area (Å²) in [7, 11) is -3.80. The number of hydrogen-bond acceptors (Lipinski definition) is 16. The smallest absolute Gasteiger partial charge is 0.325 e. The van der Waals surface area contributed by atoms with Crippen molar-refractivity contribution in [3.05, 3.63) is 202 Å². The zero-order valence-corrected chi connectivity index (χ0v) is 79.0. The number of unbranched alkanes of at least 4 members (excludes halogenated alkanes) is 26. The molecule has 0 N–H and O–H groups in total. The number of hydrogen-bond donors (Lipinski definition) is 0. The summed E-state index contributed by atoms with van der Waals surface area (Å²) in [5.41, 5.74) is 3.76. The number of aryl methyl sites for hydroxylation is 2. The number of quaternary nitrogens is 2. The molecule has 0 aromatic heterocycles. The number of benzene rings is 8. The van der Waals surface area contributed by atoms with Gasteiger partial charge in [-0.05, 0) is 110 Å². The summed E-state index contributed by atoms with van der Waals surface area (Å²) in [5.74, 6) is 2.61. The Hall–Kier alpha value is -8.40. The minimum absolute atomic E-state index is 0.0845. The van der Waals surface area contributed by atoms with Crippen LogP contribution in [-0.2, 0) is 76.7 Å². The van der Waals surface area contributed by atoms with Crippen molar-refractivity contribution in [2.24, 2.45) is 0 Å². The van der Waals surface area contributed by atoms with Crippen LogP contribution in [0.3, 0.4) is 0 Å². The van der Waals surface area contributed by atoms with Crippen molar-refractivity contribution < 1.29 is 82.4 Å². The second kappa shape index (κ2) is 48.7. The molecule has 6 aliphatic rings. The Morgan fingerprint density at radius 1 is 0.312 bits per heavy atom. The van der Waals surface area contributed by atoms with E-state index in [4.69, 9.17) is 37.9 Å². The van der Waals surface area contributed by atoms with Crippen LogP contribution in [0.1, 0.15) is 238 Å². The molecule has 0 spiro atoms. The molecule has 6 heterocycles. The van der Waals surface area contributed by atoms with Gasteiger partial charge in [-0.25, -0.2) is 26.4 Å². The Bertz CT molecular complexity index is 4570. The summed E-state index contributed by atoms with van der Waals surface area (Å²) in [5, 5.41) is 3.71. The van der Waals surface area contributed by atoms with Gasteiger partial charge in [-0.2, -0.15) is 0 Å². The minimum Gasteiger partial charge on any atom is -0.744 e. The monoisotopic (exact) mass is 1800 g/mol. The molecule has 0 atom stereocenters. The summed E-state index contributed by atoms with van der Waals surface area (Å²) >= 11 is 0. The number of rotatable bonds is 34. The average molecular weight is 1800 g/mol. The first-order chi connectivity index (χ1) is 62.1. The zero-order valence-electron chi connectivity index (χ0n) is 77.4. The van der Waals surface area contributed by atoms with Gasteiger partial charge in [-0.3, -0.25) is 19.6 Å². The van der Waals surface area contributed by atoms with Crippen molar-refractivity contribution in [2.75, 3.05) is 133 Å². The lowest BCUT2D eigenvalue weighted by molar-refractivity contribution is -0.910. The molecule has 4 amide bonds. The first-order valence-corrected chi connectivity index (χ1v) is 50.9. The first-order valence-electron chi connectivity index (χ1n) is 48.1. The molecule has 24 heteroatoms. The summed E-state index contributed by atoms with van der Waals surface area (Å²) in [6.07, 6.45) is 37.4. The number of carbonyl (C=O) groups is 2. The van der Waals surface area contributed by atoms with Gasteiger partial charge in [0.2, 0.25) is 0 Å². The molecule has 698 valence electrons. The first kappa shape index (κ1) is 98.6. The van der Waals surface area contributed by atoms with Crippen molar-refractivity contribution in [2.45, 2.75) is 255 Å². The summed E-state index contributed by atoms with van der Waals surface area (Å²) in [4.78, 5) is 41.9. The highest BCUT2D eigenvalue weighted by Crippen LogP contribution is 2.66. The maximum absolute atomic E-state index is 17.2. The molecule has 0 saturated carbocycles. The normalized spacial score (nSPS) is 20.7. The second-order valence-corrected chi connectivity index (χ2v) is 39.3. The topological polar surface area (TPSA) is 235 Å². The molecule has 0 unspecified atom stereocenters. The highest BCUT2D eigenvalue weighted by Gasteiger charge is 2.80. The minimum atomic E-state index is -4.27. The third-order valence-corrected chi connectivity index (χ3v) is 28.7. The molecule has 8 aromatic carbocycles. The number of urea groups is 2. The van der Waals surface area contributed by atoms with Crippen LogP contribution in [0.4, 0.5) is 9.59 Å². The zero-order chi connectivity index (χ0) is 90.3. The van der Waals surface area contributed by atoms with E-state index >= 15 is 9.59 Å². The maximum atomic E-state index is 17.2. The van der Waals surface area contributed by atoms with Crippen LogP contribution in [-0.4, -0.2) is 199 Å². The fourth-order valence-corrected chi connectivity index (χ4v) is 20.6. The molecule has 8 bridgehead atoms. The van der Waals surface area contributed by atoms with Crippen LogP contribution in [0.25, 0.3) is 21.5 Å². The lowest BCUT2D eigenvalue weighted by Gasteiger charge is -2.51. The van der Waals surface area contributed by atoms with E-state index in [2.05, 4.69) is 101 Å². The summed E-state index contributed by atoms with van der Waals surface area (Å²) in [6.45, 7) is 19.1. The number of nitrogens with zero attached hydrogens (tertiary/aromatic N) is 6. The largest absolute Gasteiger partial charge is 0.744 e. The van der Waals surface area contributed by atoms with Crippen molar-refractivity contribution in [1.29, 1.82) is 0 Å². The molecule has 6 aliphatic heterocycles. The fourth-order valence-electron chi connectivity index (χ4n) is 19.7. The molecule has 0 aliphatic carbocycles. The third-order valence-electron chi connectivity index (χ3n) is 27.0. The number of ether oxygens (including phenoxy) is 8. The Labute approximate surface area is 763 Å². The van der Waals surface area contributed by atoms with Crippen LogP contribution >= 0.6 is 0 Å². The molecule has 2 fully saturated rings. The maximum Gasteiger partial charge on any atom is 0.325 e. The van der Waals surface area contributed by atoms with Gasteiger partial charge in [-0.15, -0.1) is 0 Å². The van der Waals surface area contributed by atoms with E-state index in [1.165, 1.54) is 191 Å². The van der Waals surface area contributed by atoms with E-state index in [1.807, 2.05) is 69.8 Å². The van der Waals surface area contributed by atoms with Crippen molar-refractivity contribution in [3.63, 3.8) is 0 Å². The van der Waals surface area contributed by atoms with Crippen molar-refractivity contribution >= 4 is 53.8 Å². The van der Waals surface area contributed by atoms with Crippen LogP contribution in [0, 0.1) is 13.8 Å². The molecule has 8 aromatic rings. The molecule has 22 nitrogen and oxygen atoms in total. The average Bonchev–Trinajstić information content (AvgIpc) is 1.47.